The van der Waals surface area contributed by atoms with Crippen molar-refractivity contribution in [3.05, 3.63) is 70.3 Å². The molecule has 19 heavy (non-hydrogen) atoms. The average Bonchev–Trinajstić information content (AvgIpc) is 2.72. The van der Waals surface area contributed by atoms with Crippen molar-refractivity contribution < 1.29 is 9.90 Å². The Morgan fingerprint density at radius 2 is 1.89 bits per heavy atom. The van der Waals surface area contributed by atoms with E-state index in [1.807, 2.05) is 37.3 Å². The van der Waals surface area contributed by atoms with Gasteiger partial charge in [-0.25, -0.2) is 0 Å². The van der Waals surface area contributed by atoms with Crippen molar-refractivity contribution in [1.82, 2.24) is 0 Å². The first-order chi connectivity index (χ1) is 9.16. The van der Waals surface area contributed by atoms with Crippen LogP contribution in [0.25, 0.3) is 6.08 Å². The summed E-state index contributed by atoms with van der Waals surface area (Å²) in [6.07, 6.45) is 2.44. The molecule has 3 rings (SSSR count). The fourth-order valence-corrected chi connectivity index (χ4v) is 2.47. The second-order valence-corrected chi connectivity index (χ2v) is 4.84. The molecule has 0 heterocycles. The molecule has 0 amide bonds. The quantitative estimate of drug-likeness (QED) is 0.786. The molecule has 2 aromatic carbocycles. The lowest BCUT2D eigenvalue weighted by molar-refractivity contribution is 0.104. The van der Waals surface area contributed by atoms with Crippen molar-refractivity contribution in [3.63, 3.8) is 0 Å². The molecule has 0 saturated heterocycles. The standard InChI is InChI=1S/C17H14O2/c1-11-5-2-3-6-12(11)9-13-10-15-14(17(13)19)7-4-8-16(15)18/h2-9,18H,10H2,1H3/b13-9+. The van der Waals surface area contributed by atoms with Crippen LogP contribution in [0.5, 0.6) is 5.75 Å². The minimum atomic E-state index is 0.0224. The Labute approximate surface area is 112 Å². The summed E-state index contributed by atoms with van der Waals surface area (Å²) in [6, 6.07) is 13.1. The van der Waals surface area contributed by atoms with Gasteiger partial charge >= 0.3 is 0 Å². The van der Waals surface area contributed by atoms with Crippen LogP contribution in [-0.2, 0) is 6.42 Å². The van der Waals surface area contributed by atoms with Gasteiger partial charge in [0.2, 0.25) is 0 Å². The number of fused-ring (bicyclic) bond motifs is 1. The number of carbonyl (C=O) groups is 1. The van der Waals surface area contributed by atoms with Gasteiger partial charge in [-0.3, -0.25) is 4.79 Å². The van der Waals surface area contributed by atoms with Gasteiger partial charge in [0.1, 0.15) is 5.75 Å². The Balaban J connectivity index is 2.05. The van der Waals surface area contributed by atoms with Crippen LogP contribution in [-0.4, -0.2) is 10.9 Å². The number of allylic oxidation sites excluding steroid dienone is 1. The van der Waals surface area contributed by atoms with Crippen LogP contribution in [0.2, 0.25) is 0 Å². The molecule has 1 aliphatic rings. The van der Waals surface area contributed by atoms with Gasteiger partial charge in [-0.1, -0.05) is 36.4 Å². The van der Waals surface area contributed by atoms with Crippen molar-refractivity contribution in [1.29, 1.82) is 0 Å². The molecule has 0 spiro atoms. The SMILES string of the molecule is Cc1ccccc1/C=C1\Cc2c(O)cccc2C1=O. The molecule has 0 atom stereocenters. The van der Waals surface area contributed by atoms with Crippen molar-refractivity contribution in [3.8, 4) is 5.75 Å². The predicted octanol–water partition coefficient (Wildman–Crippen LogP) is 3.52. The topological polar surface area (TPSA) is 37.3 Å². The molecule has 2 aromatic rings. The highest BCUT2D eigenvalue weighted by molar-refractivity contribution is 6.16. The molecule has 0 fully saturated rings. The summed E-state index contributed by atoms with van der Waals surface area (Å²) >= 11 is 0. The Kier molecular flexibility index (Phi) is 2.71. The zero-order chi connectivity index (χ0) is 13.4. The van der Waals surface area contributed by atoms with E-state index in [-0.39, 0.29) is 11.5 Å². The fourth-order valence-electron chi connectivity index (χ4n) is 2.47. The summed E-state index contributed by atoms with van der Waals surface area (Å²) in [5.41, 5.74) is 4.30. The first-order valence-electron chi connectivity index (χ1n) is 6.28. The zero-order valence-electron chi connectivity index (χ0n) is 10.7. The van der Waals surface area contributed by atoms with E-state index in [9.17, 15) is 9.90 Å². The normalized spacial score (nSPS) is 15.8. The molecule has 0 aliphatic heterocycles. The summed E-state index contributed by atoms with van der Waals surface area (Å²) in [4.78, 5) is 12.3. The number of aryl methyl sites for hydroxylation is 1. The predicted molar refractivity (Wildman–Crippen MR) is 75.3 cm³/mol. The second kappa shape index (κ2) is 4.39. The maximum absolute atomic E-state index is 12.3. The lowest BCUT2D eigenvalue weighted by Gasteiger charge is -2.00. The van der Waals surface area contributed by atoms with E-state index in [2.05, 4.69) is 0 Å². The average molecular weight is 250 g/mol. The van der Waals surface area contributed by atoms with Gasteiger partial charge in [0, 0.05) is 23.1 Å². The number of Topliss-reactive ketones (excluding diaryl/α,β-unsaturated/α-hetero) is 1. The highest BCUT2D eigenvalue weighted by Crippen LogP contribution is 2.33. The molecule has 2 heteroatoms. The first-order valence-corrected chi connectivity index (χ1v) is 6.28. The number of aromatic hydroxyl groups is 1. The fraction of sp³-hybridized carbons (Fsp3) is 0.118. The number of rotatable bonds is 1. The lowest BCUT2D eigenvalue weighted by atomic mass is 10.0. The van der Waals surface area contributed by atoms with Crippen LogP contribution in [0.4, 0.5) is 0 Å². The number of ketones is 1. The Hall–Kier alpha value is -2.35. The third kappa shape index (κ3) is 1.95. The third-order valence-electron chi connectivity index (χ3n) is 3.57. The van der Waals surface area contributed by atoms with Crippen molar-refractivity contribution in [2.24, 2.45) is 0 Å². The van der Waals surface area contributed by atoms with E-state index in [4.69, 9.17) is 0 Å². The molecule has 1 N–H and O–H groups in total. The number of phenolic OH excluding ortho intramolecular Hbond substituents is 1. The summed E-state index contributed by atoms with van der Waals surface area (Å²) in [7, 11) is 0. The molecule has 0 bridgehead atoms. The lowest BCUT2D eigenvalue weighted by Crippen LogP contribution is -1.95. The number of benzene rings is 2. The van der Waals surface area contributed by atoms with Crippen LogP contribution in [0.15, 0.2) is 48.0 Å². The summed E-state index contributed by atoms with van der Waals surface area (Å²) in [5, 5.41) is 9.81. The molecule has 0 saturated carbocycles. The maximum Gasteiger partial charge on any atom is 0.189 e. The molecule has 1 aliphatic carbocycles. The molecule has 94 valence electrons. The monoisotopic (exact) mass is 250 g/mol. The number of hydrogen-bond donors (Lipinski definition) is 1. The largest absolute Gasteiger partial charge is 0.508 e. The first kappa shape index (κ1) is 11.7. The molecule has 0 aromatic heterocycles. The van der Waals surface area contributed by atoms with Crippen molar-refractivity contribution in [2.75, 3.05) is 0 Å². The Morgan fingerprint density at radius 3 is 2.63 bits per heavy atom. The number of hydrogen-bond acceptors (Lipinski definition) is 2. The van der Waals surface area contributed by atoms with E-state index in [1.54, 1.807) is 18.2 Å². The van der Waals surface area contributed by atoms with Crippen LogP contribution in [0.3, 0.4) is 0 Å². The third-order valence-corrected chi connectivity index (χ3v) is 3.57. The molecule has 0 radical (unpaired) electrons. The van der Waals surface area contributed by atoms with Crippen LogP contribution >= 0.6 is 0 Å². The van der Waals surface area contributed by atoms with Crippen LogP contribution in [0.1, 0.15) is 27.0 Å². The summed E-state index contributed by atoms with van der Waals surface area (Å²) in [5.74, 6) is 0.230. The second-order valence-electron chi connectivity index (χ2n) is 4.84. The van der Waals surface area contributed by atoms with Crippen LogP contribution < -0.4 is 0 Å². The van der Waals surface area contributed by atoms with E-state index in [1.165, 1.54) is 0 Å². The smallest absolute Gasteiger partial charge is 0.189 e. The Morgan fingerprint density at radius 1 is 1.11 bits per heavy atom. The van der Waals surface area contributed by atoms with E-state index in [0.29, 0.717) is 12.0 Å². The van der Waals surface area contributed by atoms with Gasteiger partial charge in [-0.05, 0) is 30.2 Å². The summed E-state index contributed by atoms with van der Waals surface area (Å²) in [6.45, 7) is 2.02. The van der Waals surface area contributed by atoms with Gasteiger partial charge in [0.05, 0.1) is 0 Å². The highest BCUT2D eigenvalue weighted by Gasteiger charge is 2.26. The number of carbonyl (C=O) groups excluding carboxylic acids is 1. The van der Waals surface area contributed by atoms with Gasteiger partial charge in [0.15, 0.2) is 5.78 Å². The maximum atomic E-state index is 12.3. The van der Waals surface area contributed by atoms with Crippen molar-refractivity contribution in [2.45, 2.75) is 13.3 Å². The molecular formula is C17H14O2. The van der Waals surface area contributed by atoms with Crippen molar-refractivity contribution >= 4 is 11.9 Å². The molecular weight excluding hydrogens is 236 g/mol. The van der Waals surface area contributed by atoms with E-state index in [0.717, 1.165) is 22.3 Å². The highest BCUT2D eigenvalue weighted by atomic mass is 16.3. The van der Waals surface area contributed by atoms with Gasteiger partial charge in [-0.2, -0.15) is 0 Å². The van der Waals surface area contributed by atoms with E-state index >= 15 is 0 Å². The van der Waals surface area contributed by atoms with Gasteiger partial charge in [0.25, 0.3) is 0 Å². The van der Waals surface area contributed by atoms with Gasteiger partial charge < -0.3 is 5.11 Å². The minimum absolute atomic E-state index is 0.0224. The van der Waals surface area contributed by atoms with Gasteiger partial charge in [-0.15, -0.1) is 0 Å². The van der Waals surface area contributed by atoms with Crippen LogP contribution in [0, 0.1) is 6.92 Å². The molecule has 2 nitrogen and oxygen atoms in total. The Bertz CT molecular complexity index is 696. The summed E-state index contributed by atoms with van der Waals surface area (Å²) < 4.78 is 0. The van der Waals surface area contributed by atoms with E-state index < -0.39 is 0 Å². The number of phenols is 1. The molecule has 0 unspecified atom stereocenters. The zero-order valence-corrected chi connectivity index (χ0v) is 10.7. The minimum Gasteiger partial charge on any atom is -0.508 e.